The Bertz CT molecular complexity index is 819. The van der Waals surface area contributed by atoms with Gasteiger partial charge < -0.3 is 10.2 Å². The molecule has 2 amide bonds. The van der Waals surface area contributed by atoms with Gasteiger partial charge in [0, 0.05) is 36.8 Å². The van der Waals surface area contributed by atoms with Gasteiger partial charge in [-0.1, -0.05) is 23.7 Å². The van der Waals surface area contributed by atoms with Crippen molar-refractivity contribution >= 4 is 23.4 Å². The molecule has 1 aliphatic rings. The summed E-state index contributed by atoms with van der Waals surface area (Å²) in [6.45, 7) is 4.54. The second-order valence-electron chi connectivity index (χ2n) is 6.92. The highest BCUT2D eigenvalue weighted by atomic mass is 35.5. The van der Waals surface area contributed by atoms with E-state index < -0.39 is 0 Å². The van der Waals surface area contributed by atoms with Gasteiger partial charge in [0.15, 0.2) is 0 Å². The average Bonchev–Trinajstić information content (AvgIpc) is 2.69. The fourth-order valence-corrected chi connectivity index (χ4v) is 3.34. The number of benzene rings is 2. The number of nitrogens with zero attached hydrogens (tertiary/aromatic N) is 2. The number of amides is 2. The van der Waals surface area contributed by atoms with Crippen LogP contribution in [0.1, 0.15) is 28.9 Å². The van der Waals surface area contributed by atoms with Crippen LogP contribution in [0, 0.1) is 5.82 Å². The molecule has 1 N–H and O–H groups in total. The summed E-state index contributed by atoms with van der Waals surface area (Å²) in [5, 5.41) is 3.65. The molecule has 1 fully saturated rings. The van der Waals surface area contributed by atoms with Gasteiger partial charge in [-0.25, -0.2) is 4.39 Å². The number of carbonyl (C=O) groups excluding carboxylic acids is 2. The Morgan fingerprint density at radius 3 is 2.25 bits per heavy atom. The van der Waals surface area contributed by atoms with Gasteiger partial charge in [-0.3, -0.25) is 14.5 Å². The van der Waals surface area contributed by atoms with Crippen LogP contribution in [0.15, 0.2) is 48.5 Å². The molecular formula is C21H23ClFN3O2. The largest absolute Gasteiger partial charge is 0.348 e. The van der Waals surface area contributed by atoms with Crippen LogP contribution < -0.4 is 5.32 Å². The SMILES string of the molecule is CC(NC(=O)CN1CCN(C(=O)c2ccc(F)cc2)CC1)c1ccc(Cl)cc1. The van der Waals surface area contributed by atoms with Crippen molar-refractivity contribution in [2.24, 2.45) is 0 Å². The highest BCUT2D eigenvalue weighted by Gasteiger charge is 2.23. The van der Waals surface area contributed by atoms with E-state index >= 15 is 0 Å². The van der Waals surface area contributed by atoms with E-state index in [9.17, 15) is 14.0 Å². The van der Waals surface area contributed by atoms with Crippen molar-refractivity contribution in [2.45, 2.75) is 13.0 Å². The first kappa shape index (κ1) is 20.3. The first-order valence-corrected chi connectivity index (χ1v) is 9.62. The Morgan fingerprint density at radius 1 is 1.04 bits per heavy atom. The Hall–Kier alpha value is -2.44. The van der Waals surface area contributed by atoms with Crippen molar-refractivity contribution in [3.05, 3.63) is 70.5 Å². The molecule has 0 bridgehead atoms. The Kier molecular flexibility index (Phi) is 6.65. The minimum Gasteiger partial charge on any atom is -0.348 e. The number of nitrogens with one attached hydrogen (secondary N) is 1. The normalized spacial score (nSPS) is 15.9. The van der Waals surface area contributed by atoms with E-state index in [0.29, 0.717) is 36.8 Å². The van der Waals surface area contributed by atoms with E-state index in [0.717, 1.165) is 5.56 Å². The number of carbonyl (C=O) groups is 2. The van der Waals surface area contributed by atoms with Crippen LogP contribution in [-0.4, -0.2) is 54.3 Å². The molecule has 0 aromatic heterocycles. The minimum absolute atomic E-state index is 0.0549. The standard InChI is InChI=1S/C21H23ClFN3O2/c1-15(16-2-6-18(22)7-3-16)24-20(27)14-25-10-12-26(13-11-25)21(28)17-4-8-19(23)9-5-17/h2-9,15H,10-14H2,1H3,(H,24,27). The fourth-order valence-electron chi connectivity index (χ4n) is 3.21. The molecule has 0 radical (unpaired) electrons. The lowest BCUT2D eigenvalue weighted by molar-refractivity contribution is -0.123. The molecule has 28 heavy (non-hydrogen) atoms. The van der Waals surface area contributed by atoms with Crippen molar-refractivity contribution in [3.63, 3.8) is 0 Å². The highest BCUT2D eigenvalue weighted by molar-refractivity contribution is 6.30. The van der Waals surface area contributed by atoms with E-state index in [1.54, 1.807) is 17.0 Å². The highest BCUT2D eigenvalue weighted by Crippen LogP contribution is 2.16. The van der Waals surface area contributed by atoms with Gasteiger partial charge in [0.05, 0.1) is 12.6 Å². The maximum absolute atomic E-state index is 13.0. The zero-order chi connectivity index (χ0) is 20.1. The van der Waals surface area contributed by atoms with Crippen LogP contribution in [0.5, 0.6) is 0 Å². The van der Waals surface area contributed by atoms with E-state index in [4.69, 9.17) is 11.6 Å². The van der Waals surface area contributed by atoms with Gasteiger partial charge in [-0.15, -0.1) is 0 Å². The lowest BCUT2D eigenvalue weighted by Gasteiger charge is -2.34. The molecule has 1 aliphatic heterocycles. The molecule has 1 saturated heterocycles. The fraction of sp³-hybridized carbons (Fsp3) is 0.333. The molecule has 0 spiro atoms. The van der Waals surface area contributed by atoms with Crippen molar-refractivity contribution in [3.8, 4) is 0 Å². The van der Waals surface area contributed by atoms with Crippen LogP contribution in [0.3, 0.4) is 0 Å². The molecule has 0 saturated carbocycles. The summed E-state index contributed by atoms with van der Waals surface area (Å²) in [5.41, 5.74) is 1.47. The molecule has 1 heterocycles. The van der Waals surface area contributed by atoms with Crippen LogP contribution >= 0.6 is 11.6 Å². The quantitative estimate of drug-likeness (QED) is 0.834. The number of hydrogen-bond donors (Lipinski definition) is 1. The van der Waals surface area contributed by atoms with Crippen molar-refractivity contribution < 1.29 is 14.0 Å². The van der Waals surface area contributed by atoms with Gasteiger partial charge in [0.25, 0.3) is 5.91 Å². The predicted molar refractivity (Wildman–Crippen MR) is 107 cm³/mol. The topological polar surface area (TPSA) is 52.7 Å². The average molecular weight is 404 g/mol. The molecule has 2 aromatic rings. The Morgan fingerprint density at radius 2 is 1.64 bits per heavy atom. The van der Waals surface area contributed by atoms with E-state index in [-0.39, 0.29) is 30.2 Å². The van der Waals surface area contributed by atoms with Gasteiger partial charge in [0.2, 0.25) is 5.91 Å². The molecule has 5 nitrogen and oxygen atoms in total. The first-order chi connectivity index (χ1) is 13.4. The van der Waals surface area contributed by atoms with E-state index in [2.05, 4.69) is 5.32 Å². The van der Waals surface area contributed by atoms with Crippen molar-refractivity contribution in [2.75, 3.05) is 32.7 Å². The molecule has 1 atom stereocenters. The molecule has 0 aliphatic carbocycles. The monoisotopic (exact) mass is 403 g/mol. The summed E-state index contributed by atoms with van der Waals surface area (Å²) in [6, 6.07) is 12.9. The Balaban J connectivity index is 1.45. The summed E-state index contributed by atoms with van der Waals surface area (Å²) < 4.78 is 13.0. The second-order valence-corrected chi connectivity index (χ2v) is 7.35. The summed E-state index contributed by atoms with van der Waals surface area (Å²) in [4.78, 5) is 28.6. The van der Waals surface area contributed by atoms with Crippen molar-refractivity contribution in [1.82, 2.24) is 15.1 Å². The smallest absolute Gasteiger partial charge is 0.253 e. The molecular weight excluding hydrogens is 381 g/mol. The minimum atomic E-state index is -0.361. The number of piperazine rings is 1. The first-order valence-electron chi connectivity index (χ1n) is 9.24. The molecule has 148 valence electrons. The second kappa shape index (κ2) is 9.17. The van der Waals surface area contributed by atoms with E-state index in [1.807, 2.05) is 24.0 Å². The summed E-state index contributed by atoms with van der Waals surface area (Å²) in [7, 11) is 0. The van der Waals surface area contributed by atoms with Crippen molar-refractivity contribution in [1.29, 1.82) is 0 Å². The number of halogens is 2. The van der Waals surface area contributed by atoms with Crippen LogP contribution in [0.2, 0.25) is 5.02 Å². The summed E-state index contributed by atoms with van der Waals surface area (Å²) >= 11 is 5.89. The van der Waals surface area contributed by atoms with Gasteiger partial charge in [-0.2, -0.15) is 0 Å². The third-order valence-electron chi connectivity index (χ3n) is 4.87. The van der Waals surface area contributed by atoms with Crippen LogP contribution in [0.25, 0.3) is 0 Å². The molecule has 7 heteroatoms. The predicted octanol–water partition coefficient (Wildman–Crippen LogP) is 3.11. The number of hydrogen-bond acceptors (Lipinski definition) is 3. The van der Waals surface area contributed by atoms with Gasteiger partial charge in [0.1, 0.15) is 5.82 Å². The summed E-state index contributed by atoms with van der Waals surface area (Å²) in [5.74, 6) is -0.526. The van der Waals surface area contributed by atoms with Crippen LogP contribution in [-0.2, 0) is 4.79 Å². The zero-order valence-electron chi connectivity index (χ0n) is 15.7. The maximum atomic E-state index is 13.0. The zero-order valence-corrected chi connectivity index (χ0v) is 16.5. The molecule has 3 rings (SSSR count). The lowest BCUT2D eigenvalue weighted by atomic mass is 10.1. The lowest BCUT2D eigenvalue weighted by Crippen LogP contribution is -2.51. The maximum Gasteiger partial charge on any atom is 0.253 e. The summed E-state index contributed by atoms with van der Waals surface area (Å²) in [6.07, 6.45) is 0. The Labute approximate surface area is 169 Å². The molecule has 2 aromatic carbocycles. The number of rotatable bonds is 5. The van der Waals surface area contributed by atoms with Gasteiger partial charge in [-0.05, 0) is 48.9 Å². The third kappa shape index (κ3) is 5.30. The third-order valence-corrected chi connectivity index (χ3v) is 5.12. The van der Waals surface area contributed by atoms with E-state index in [1.165, 1.54) is 24.3 Å². The molecule has 1 unspecified atom stereocenters. The van der Waals surface area contributed by atoms with Gasteiger partial charge >= 0.3 is 0 Å². The van der Waals surface area contributed by atoms with Crippen LogP contribution in [0.4, 0.5) is 4.39 Å².